The molecule has 1 heterocycles. The van der Waals surface area contributed by atoms with Crippen LogP contribution >= 0.6 is 15.9 Å². The first kappa shape index (κ1) is 25.8. The van der Waals surface area contributed by atoms with Crippen LogP contribution in [-0.4, -0.2) is 60.5 Å². The SMILES string of the molecule is CCCCOC(=O)NC1CCN(C(=O)C(c2ccc(OC)c(Br)c2)C2(O)CCCCC2)CC1. The highest BCUT2D eigenvalue weighted by atomic mass is 79.9. The summed E-state index contributed by atoms with van der Waals surface area (Å²) in [5.41, 5.74) is -0.251. The van der Waals surface area contributed by atoms with Gasteiger partial charge in [-0.25, -0.2) is 4.79 Å². The third kappa shape index (κ3) is 6.63. The van der Waals surface area contributed by atoms with Crippen LogP contribution in [0.1, 0.15) is 76.2 Å². The summed E-state index contributed by atoms with van der Waals surface area (Å²) < 4.78 is 11.3. The number of halogens is 1. The summed E-state index contributed by atoms with van der Waals surface area (Å²) in [6.07, 6.45) is 6.96. The van der Waals surface area contributed by atoms with Gasteiger partial charge in [0, 0.05) is 19.1 Å². The number of unbranched alkanes of at least 4 members (excludes halogenated alkanes) is 1. The van der Waals surface area contributed by atoms with Gasteiger partial charge in [-0.1, -0.05) is 38.7 Å². The van der Waals surface area contributed by atoms with Gasteiger partial charge < -0.3 is 24.8 Å². The van der Waals surface area contributed by atoms with Crippen molar-refractivity contribution in [1.82, 2.24) is 10.2 Å². The zero-order valence-corrected chi connectivity index (χ0v) is 21.4. The molecule has 2 fully saturated rings. The fourth-order valence-corrected chi connectivity index (χ4v) is 5.50. The van der Waals surface area contributed by atoms with E-state index in [1.807, 2.05) is 23.1 Å². The third-order valence-electron chi connectivity index (χ3n) is 6.87. The molecule has 1 aliphatic carbocycles. The number of methoxy groups -OCH3 is 1. The zero-order valence-electron chi connectivity index (χ0n) is 19.8. The predicted molar refractivity (Wildman–Crippen MR) is 130 cm³/mol. The lowest BCUT2D eigenvalue weighted by Crippen LogP contribution is -2.52. The fraction of sp³-hybridized carbons (Fsp3) is 0.680. The number of hydrogen-bond acceptors (Lipinski definition) is 5. The minimum atomic E-state index is -1.05. The number of piperidine rings is 1. The van der Waals surface area contributed by atoms with Crippen LogP contribution in [0, 0.1) is 0 Å². The molecule has 33 heavy (non-hydrogen) atoms. The molecule has 0 spiro atoms. The molecular formula is C25H37BrN2O5. The second-order valence-electron chi connectivity index (χ2n) is 9.22. The number of alkyl carbamates (subject to hydrolysis) is 1. The van der Waals surface area contributed by atoms with Gasteiger partial charge in [0.05, 0.1) is 29.7 Å². The van der Waals surface area contributed by atoms with Crippen molar-refractivity contribution in [2.24, 2.45) is 0 Å². The van der Waals surface area contributed by atoms with Crippen LogP contribution in [-0.2, 0) is 9.53 Å². The Bertz CT molecular complexity index is 804. The summed E-state index contributed by atoms with van der Waals surface area (Å²) in [5, 5.41) is 14.5. The number of nitrogens with zero attached hydrogens (tertiary/aromatic N) is 1. The van der Waals surface area contributed by atoms with E-state index in [4.69, 9.17) is 9.47 Å². The van der Waals surface area contributed by atoms with E-state index < -0.39 is 11.5 Å². The second kappa shape index (κ2) is 12.1. The Labute approximate surface area is 205 Å². The van der Waals surface area contributed by atoms with Crippen LogP contribution in [0.5, 0.6) is 5.75 Å². The summed E-state index contributed by atoms with van der Waals surface area (Å²) >= 11 is 3.53. The van der Waals surface area contributed by atoms with Crippen LogP contribution in [0.3, 0.4) is 0 Å². The van der Waals surface area contributed by atoms with E-state index in [2.05, 4.69) is 28.2 Å². The van der Waals surface area contributed by atoms with Crippen molar-refractivity contribution in [2.75, 3.05) is 26.8 Å². The quantitative estimate of drug-likeness (QED) is 0.479. The van der Waals surface area contributed by atoms with Gasteiger partial charge in [0.25, 0.3) is 0 Å². The van der Waals surface area contributed by atoms with Crippen molar-refractivity contribution in [2.45, 2.75) is 82.3 Å². The summed E-state index contributed by atoms with van der Waals surface area (Å²) in [7, 11) is 1.61. The monoisotopic (exact) mass is 524 g/mol. The molecule has 1 atom stereocenters. The van der Waals surface area contributed by atoms with E-state index in [0.717, 1.165) is 42.1 Å². The molecule has 2 N–H and O–H groups in total. The molecule has 1 saturated carbocycles. The molecule has 0 radical (unpaired) electrons. The smallest absolute Gasteiger partial charge is 0.407 e. The Morgan fingerprint density at radius 3 is 2.55 bits per heavy atom. The highest BCUT2D eigenvalue weighted by Gasteiger charge is 2.45. The predicted octanol–water partition coefficient (Wildman–Crippen LogP) is 4.75. The minimum Gasteiger partial charge on any atom is -0.496 e. The molecule has 1 aromatic carbocycles. The second-order valence-corrected chi connectivity index (χ2v) is 10.1. The number of nitrogens with one attached hydrogen (secondary N) is 1. The van der Waals surface area contributed by atoms with Crippen LogP contribution < -0.4 is 10.1 Å². The van der Waals surface area contributed by atoms with Crippen LogP contribution in [0.15, 0.2) is 22.7 Å². The largest absolute Gasteiger partial charge is 0.496 e. The molecule has 8 heteroatoms. The number of hydrogen-bond donors (Lipinski definition) is 2. The van der Waals surface area contributed by atoms with E-state index >= 15 is 0 Å². The maximum absolute atomic E-state index is 13.8. The highest BCUT2D eigenvalue weighted by molar-refractivity contribution is 9.10. The van der Waals surface area contributed by atoms with Crippen LogP contribution in [0.2, 0.25) is 0 Å². The highest BCUT2D eigenvalue weighted by Crippen LogP contribution is 2.43. The first-order valence-corrected chi connectivity index (χ1v) is 12.9. The van der Waals surface area contributed by atoms with Gasteiger partial charge in [0.1, 0.15) is 5.75 Å². The van der Waals surface area contributed by atoms with Gasteiger partial charge in [-0.2, -0.15) is 0 Å². The normalized spacial score (nSPS) is 19.6. The van der Waals surface area contributed by atoms with E-state index in [9.17, 15) is 14.7 Å². The molecule has 2 aliphatic rings. The van der Waals surface area contributed by atoms with Crippen molar-refractivity contribution < 1.29 is 24.2 Å². The first-order valence-electron chi connectivity index (χ1n) is 12.2. The molecule has 0 bridgehead atoms. The molecule has 1 aliphatic heterocycles. The third-order valence-corrected chi connectivity index (χ3v) is 7.49. The fourth-order valence-electron chi connectivity index (χ4n) is 4.94. The van der Waals surface area contributed by atoms with Gasteiger partial charge in [0.2, 0.25) is 5.91 Å². The van der Waals surface area contributed by atoms with E-state index in [1.165, 1.54) is 0 Å². The number of rotatable bonds is 8. The molecule has 7 nitrogen and oxygen atoms in total. The maximum atomic E-state index is 13.8. The summed E-state index contributed by atoms with van der Waals surface area (Å²) in [5.74, 6) is 0.0299. The molecular weight excluding hydrogens is 488 g/mol. The number of likely N-dealkylation sites (tertiary alicyclic amines) is 1. The average Bonchev–Trinajstić information content (AvgIpc) is 2.80. The standard InChI is InChI=1S/C25H37BrN2O5/c1-3-4-16-33-24(30)27-19-10-14-28(15-11-19)23(29)22(25(31)12-6-5-7-13-25)18-8-9-21(32-2)20(26)17-18/h8-9,17,19,22,31H,3-7,10-16H2,1-2H3,(H,27,30). The summed E-state index contributed by atoms with van der Waals surface area (Å²) in [6.45, 7) is 3.57. The van der Waals surface area contributed by atoms with Gasteiger partial charge in [0.15, 0.2) is 0 Å². The number of carbonyl (C=O) groups is 2. The Hall–Kier alpha value is -1.80. The first-order chi connectivity index (χ1) is 15.9. The number of aliphatic hydroxyl groups is 1. The van der Waals surface area contributed by atoms with Crippen molar-refractivity contribution in [3.8, 4) is 5.75 Å². The van der Waals surface area contributed by atoms with Crippen molar-refractivity contribution in [3.63, 3.8) is 0 Å². The topological polar surface area (TPSA) is 88.1 Å². The van der Waals surface area contributed by atoms with E-state index in [-0.39, 0.29) is 18.0 Å². The Balaban J connectivity index is 1.70. The number of ether oxygens (including phenoxy) is 2. The molecule has 1 aromatic rings. The van der Waals surface area contributed by atoms with E-state index in [1.54, 1.807) is 7.11 Å². The van der Waals surface area contributed by atoms with Crippen molar-refractivity contribution in [3.05, 3.63) is 28.2 Å². The van der Waals surface area contributed by atoms with Gasteiger partial charge in [-0.3, -0.25) is 4.79 Å². The minimum absolute atomic E-state index is 0.00507. The van der Waals surface area contributed by atoms with Crippen LogP contribution in [0.4, 0.5) is 4.79 Å². The van der Waals surface area contributed by atoms with Crippen molar-refractivity contribution in [1.29, 1.82) is 0 Å². The summed E-state index contributed by atoms with van der Waals surface area (Å²) in [4.78, 5) is 27.6. The molecule has 1 unspecified atom stereocenters. The Morgan fingerprint density at radius 2 is 1.94 bits per heavy atom. The van der Waals surface area contributed by atoms with E-state index in [0.29, 0.717) is 51.1 Å². The Morgan fingerprint density at radius 1 is 1.24 bits per heavy atom. The Kier molecular flexibility index (Phi) is 9.44. The van der Waals surface area contributed by atoms with Gasteiger partial charge in [-0.05, 0) is 65.7 Å². The number of amides is 2. The maximum Gasteiger partial charge on any atom is 0.407 e. The summed E-state index contributed by atoms with van der Waals surface area (Å²) in [6, 6.07) is 5.62. The van der Waals surface area contributed by atoms with Gasteiger partial charge >= 0.3 is 6.09 Å². The number of benzene rings is 1. The van der Waals surface area contributed by atoms with Crippen molar-refractivity contribution >= 4 is 27.9 Å². The molecule has 3 rings (SSSR count). The zero-order chi connectivity index (χ0) is 23.8. The molecule has 1 saturated heterocycles. The molecule has 184 valence electrons. The molecule has 0 aromatic heterocycles. The molecule has 2 amide bonds. The average molecular weight is 525 g/mol. The van der Waals surface area contributed by atoms with Gasteiger partial charge in [-0.15, -0.1) is 0 Å². The number of carbonyl (C=O) groups excluding carboxylic acids is 2. The lowest BCUT2D eigenvalue weighted by Gasteiger charge is -2.42. The van der Waals surface area contributed by atoms with Crippen LogP contribution in [0.25, 0.3) is 0 Å². The lowest BCUT2D eigenvalue weighted by molar-refractivity contribution is -0.142. The lowest BCUT2D eigenvalue weighted by atomic mass is 9.72.